The number of ether oxygens (including phenoxy) is 2. The topological polar surface area (TPSA) is 68.4 Å². The first kappa shape index (κ1) is 20.9. The number of ketones is 1. The van der Waals surface area contributed by atoms with E-state index in [0.29, 0.717) is 29.7 Å². The fourth-order valence-electron chi connectivity index (χ4n) is 4.18. The predicted octanol–water partition coefficient (Wildman–Crippen LogP) is 5.03. The van der Waals surface area contributed by atoms with Gasteiger partial charge in [-0.05, 0) is 54.5 Å². The first-order valence-electron chi connectivity index (χ1n) is 10.7. The van der Waals surface area contributed by atoms with Gasteiger partial charge in [0, 0.05) is 17.7 Å². The number of fused-ring (bicyclic) bond motifs is 1. The minimum Gasteiger partial charge on any atom is -0.490 e. The van der Waals surface area contributed by atoms with E-state index in [9.17, 15) is 9.59 Å². The zero-order valence-corrected chi connectivity index (χ0v) is 17.9. The van der Waals surface area contributed by atoms with Crippen LogP contribution in [0, 0.1) is 6.92 Å². The van der Waals surface area contributed by atoms with Gasteiger partial charge in [0.05, 0.1) is 0 Å². The van der Waals surface area contributed by atoms with Crippen molar-refractivity contribution in [3.05, 3.63) is 88.2 Å². The van der Waals surface area contributed by atoms with Crippen LogP contribution >= 0.6 is 0 Å². The Balaban J connectivity index is 1.42. The molecule has 0 saturated heterocycles. The van der Waals surface area contributed by atoms with Crippen LogP contribution in [0.15, 0.2) is 54.6 Å². The van der Waals surface area contributed by atoms with Crippen molar-refractivity contribution in [1.29, 1.82) is 0 Å². The molecular weight excluding hydrogens is 390 g/mol. The van der Waals surface area contributed by atoms with Crippen molar-refractivity contribution in [2.24, 2.45) is 0 Å². The molecule has 1 aliphatic rings. The van der Waals surface area contributed by atoms with Crippen molar-refractivity contribution >= 4 is 11.8 Å². The third kappa shape index (κ3) is 4.55. The van der Waals surface area contributed by atoms with Gasteiger partial charge in [-0.15, -0.1) is 0 Å². The molecule has 0 aliphatic heterocycles. The van der Waals surface area contributed by atoms with E-state index in [1.54, 1.807) is 6.92 Å². The summed E-state index contributed by atoms with van der Waals surface area (Å²) in [6.45, 7) is 4.34. The lowest BCUT2D eigenvalue weighted by molar-refractivity contribution is 0.0443. The number of hydrogen-bond donors (Lipinski definition) is 1. The average molecular weight is 418 g/mol. The Kier molecular flexibility index (Phi) is 6.21. The van der Waals surface area contributed by atoms with Gasteiger partial charge in [-0.25, -0.2) is 4.79 Å². The van der Waals surface area contributed by atoms with Crippen molar-refractivity contribution in [2.75, 3.05) is 13.2 Å². The smallest absolute Gasteiger partial charge is 0.355 e. The van der Waals surface area contributed by atoms with Crippen molar-refractivity contribution < 1.29 is 19.1 Å². The van der Waals surface area contributed by atoms with E-state index in [-0.39, 0.29) is 24.9 Å². The number of aromatic nitrogens is 1. The number of esters is 1. The second-order valence-electron chi connectivity index (χ2n) is 7.90. The van der Waals surface area contributed by atoms with E-state index in [1.165, 1.54) is 5.56 Å². The third-order valence-corrected chi connectivity index (χ3v) is 5.88. The van der Waals surface area contributed by atoms with Crippen LogP contribution < -0.4 is 4.74 Å². The molecule has 1 aromatic heterocycles. The highest BCUT2D eigenvalue weighted by Gasteiger charge is 2.32. The van der Waals surface area contributed by atoms with Crippen LogP contribution in [-0.4, -0.2) is 30.0 Å². The van der Waals surface area contributed by atoms with Crippen LogP contribution in [-0.2, 0) is 17.6 Å². The maximum Gasteiger partial charge on any atom is 0.355 e. The molecule has 0 spiro atoms. The van der Waals surface area contributed by atoms with E-state index in [1.807, 2.05) is 30.3 Å². The lowest BCUT2D eigenvalue weighted by Crippen LogP contribution is -2.18. The maximum absolute atomic E-state index is 12.9. The molecule has 0 saturated carbocycles. The van der Waals surface area contributed by atoms with Crippen LogP contribution in [0.4, 0.5) is 0 Å². The standard InChI is InChI=1S/C26H27NO4/c1-3-18-9-11-19(12-10-18)20-15-22-24(23(28)16-20)17(2)25(27-22)26(29)31-14-13-30-21-7-5-4-6-8-21/h4-12,20,27H,3,13-16H2,1-2H3/t20-/m1/s1. The lowest BCUT2D eigenvalue weighted by Gasteiger charge is -2.22. The number of benzene rings is 2. The largest absolute Gasteiger partial charge is 0.490 e. The fourth-order valence-corrected chi connectivity index (χ4v) is 4.18. The summed E-state index contributed by atoms with van der Waals surface area (Å²) >= 11 is 0. The highest BCUT2D eigenvalue weighted by atomic mass is 16.6. The normalized spacial score (nSPS) is 15.4. The number of aryl methyl sites for hydroxylation is 1. The molecule has 3 aromatic rings. The van der Waals surface area contributed by atoms with Gasteiger partial charge >= 0.3 is 5.97 Å². The summed E-state index contributed by atoms with van der Waals surface area (Å²) in [7, 11) is 0. The summed E-state index contributed by atoms with van der Waals surface area (Å²) < 4.78 is 10.9. The van der Waals surface area contributed by atoms with E-state index in [0.717, 1.165) is 23.4 Å². The van der Waals surface area contributed by atoms with Crippen molar-refractivity contribution in [2.45, 2.75) is 39.0 Å². The monoisotopic (exact) mass is 417 g/mol. The SMILES string of the molecule is CCc1ccc([C@H]2CC(=O)c3c([nH]c(C(=O)OCCOc4ccccc4)c3C)C2)cc1. The Morgan fingerprint density at radius 1 is 1.03 bits per heavy atom. The first-order chi connectivity index (χ1) is 15.1. The molecular formula is C26H27NO4. The van der Waals surface area contributed by atoms with Crippen LogP contribution in [0.5, 0.6) is 5.75 Å². The first-order valence-corrected chi connectivity index (χ1v) is 10.7. The number of Topliss-reactive ketones (excluding diaryl/α,β-unsaturated/α-hetero) is 1. The molecule has 1 heterocycles. The number of aromatic amines is 1. The van der Waals surface area contributed by atoms with Gasteiger partial charge in [-0.1, -0.05) is 49.4 Å². The fraction of sp³-hybridized carbons (Fsp3) is 0.308. The zero-order chi connectivity index (χ0) is 21.8. The second kappa shape index (κ2) is 9.21. The summed E-state index contributed by atoms with van der Waals surface area (Å²) in [6, 6.07) is 17.8. The molecule has 31 heavy (non-hydrogen) atoms. The number of para-hydroxylation sites is 1. The third-order valence-electron chi connectivity index (χ3n) is 5.88. The molecule has 2 aromatic carbocycles. The van der Waals surface area contributed by atoms with Gasteiger partial charge in [0.1, 0.15) is 24.7 Å². The van der Waals surface area contributed by atoms with Gasteiger partial charge in [-0.2, -0.15) is 0 Å². The van der Waals surface area contributed by atoms with E-state index in [4.69, 9.17) is 9.47 Å². The highest BCUT2D eigenvalue weighted by molar-refractivity contribution is 6.03. The van der Waals surface area contributed by atoms with Crippen molar-refractivity contribution in [3.63, 3.8) is 0 Å². The summed E-state index contributed by atoms with van der Waals surface area (Å²) in [6.07, 6.45) is 2.15. The lowest BCUT2D eigenvalue weighted by atomic mass is 9.81. The van der Waals surface area contributed by atoms with Gasteiger partial charge < -0.3 is 14.5 Å². The Hall–Kier alpha value is -3.34. The van der Waals surface area contributed by atoms with Crippen LogP contribution in [0.1, 0.15) is 62.5 Å². The molecule has 160 valence electrons. The number of carbonyl (C=O) groups excluding carboxylic acids is 2. The van der Waals surface area contributed by atoms with E-state index in [2.05, 4.69) is 36.2 Å². The molecule has 5 heteroatoms. The summed E-state index contributed by atoms with van der Waals surface area (Å²) in [5.41, 5.74) is 4.95. The molecule has 1 atom stereocenters. The molecule has 0 amide bonds. The number of H-pyrrole nitrogens is 1. The van der Waals surface area contributed by atoms with Crippen molar-refractivity contribution in [1.82, 2.24) is 4.98 Å². The number of rotatable bonds is 7. The summed E-state index contributed by atoms with van der Waals surface area (Å²) in [4.78, 5) is 28.7. The van der Waals surface area contributed by atoms with Crippen LogP contribution in [0.25, 0.3) is 0 Å². The van der Waals surface area contributed by atoms with Gasteiger partial charge in [-0.3, -0.25) is 4.79 Å². The van der Waals surface area contributed by atoms with Gasteiger partial charge in [0.2, 0.25) is 0 Å². The quantitative estimate of drug-likeness (QED) is 0.432. The predicted molar refractivity (Wildman–Crippen MR) is 119 cm³/mol. The molecule has 1 aliphatic carbocycles. The summed E-state index contributed by atoms with van der Waals surface area (Å²) in [5, 5.41) is 0. The molecule has 0 bridgehead atoms. The Morgan fingerprint density at radius 3 is 2.48 bits per heavy atom. The van der Waals surface area contributed by atoms with E-state index < -0.39 is 5.97 Å². The van der Waals surface area contributed by atoms with Crippen molar-refractivity contribution in [3.8, 4) is 5.75 Å². The molecule has 1 N–H and O–H groups in total. The highest BCUT2D eigenvalue weighted by Crippen LogP contribution is 2.35. The summed E-state index contributed by atoms with van der Waals surface area (Å²) in [5.74, 6) is 0.465. The minimum atomic E-state index is -0.458. The number of carbonyl (C=O) groups is 2. The molecule has 0 unspecified atom stereocenters. The Labute approximate surface area is 182 Å². The molecule has 0 radical (unpaired) electrons. The van der Waals surface area contributed by atoms with E-state index >= 15 is 0 Å². The Morgan fingerprint density at radius 2 is 1.77 bits per heavy atom. The molecule has 5 nitrogen and oxygen atoms in total. The molecule has 0 fully saturated rings. The number of hydrogen-bond acceptors (Lipinski definition) is 4. The van der Waals surface area contributed by atoms with Gasteiger partial charge in [0.15, 0.2) is 5.78 Å². The van der Waals surface area contributed by atoms with Gasteiger partial charge in [0.25, 0.3) is 0 Å². The second-order valence-corrected chi connectivity index (χ2v) is 7.90. The maximum atomic E-state index is 12.9. The van der Waals surface area contributed by atoms with Crippen LogP contribution in [0.3, 0.4) is 0 Å². The zero-order valence-electron chi connectivity index (χ0n) is 17.9. The minimum absolute atomic E-state index is 0.0750. The number of nitrogens with one attached hydrogen (secondary N) is 1. The molecule has 4 rings (SSSR count). The van der Waals surface area contributed by atoms with Crippen LogP contribution in [0.2, 0.25) is 0 Å². The Bertz CT molecular complexity index is 1070. The average Bonchev–Trinajstić information content (AvgIpc) is 3.14.